The van der Waals surface area contributed by atoms with Gasteiger partial charge in [0.2, 0.25) is 0 Å². The Labute approximate surface area is 153 Å². The molecular formula is C13H23IN4O2S2. The minimum absolute atomic E-state index is 0. The van der Waals surface area contributed by atoms with Gasteiger partial charge in [-0.2, -0.15) is 0 Å². The molecule has 0 saturated heterocycles. The van der Waals surface area contributed by atoms with E-state index in [2.05, 4.69) is 15.6 Å². The van der Waals surface area contributed by atoms with E-state index in [-0.39, 0.29) is 24.0 Å². The van der Waals surface area contributed by atoms with Gasteiger partial charge in [-0.15, -0.1) is 35.3 Å². The van der Waals surface area contributed by atoms with Gasteiger partial charge in [-0.25, -0.2) is 12.7 Å². The molecular weight excluding hydrogens is 435 g/mol. The molecule has 1 aromatic heterocycles. The molecule has 0 bridgehead atoms. The molecule has 0 atom stereocenters. The fourth-order valence-electron chi connectivity index (χ4n) is 1.73. The molecule has 1 aliphatic carbocycles. The maximum Gasteiger partial charge on any atom is 0.252 e. The second-order valence-corrected chi connectivity index (χ2v) is 8.81. The summed E-state index contributed by atoms with van der Waals surface area (Å²) in [5.74, 6) is 1.54. The molecule has 0 radical (unpaired) electrons. The van der Waals surface area contributed by atoms with E-state index in [0.717, 1.165) is 23.3 Å². The first kappa shape index (κ1) is 19.7. The van der Waals surface area contributed by atoms with Crippen LogP contribution >= 0.6 is 35.3 Å². The van der Waals surface area contributed by atoms with Gasteiger partial charge in [0.15, 0.2) is 5.96 Å². The van der Waals surface area contributed by atoms with Crippen molar-refractivity contribution < 1.29 is 8.42 Å². The van der Waals surface area contributed by atoms with Gasteiger partial charge in [0, 0.05) is 32.6 Å². The van der Waals surface area contributed by atoms with Gasteiger partial charge >= 0.3 is 0 Å². The fraction of sp³-hybridized carbons (Fsp3) is 0.615. The standard InChI is InChI=1S/C13H22N4O2S2.HI/c1-14-13(15-8-10-4-5-10)16-9-11-6-7-12(20-11)21(18,19)17(2)3;/h6-7,10H,4-5,8-9H2,1-3H3,(H2,14,15,16);1H. The summed E-state index contributed by atoms with van der Waals surface area (Å²) in [6.45, 7) is 1.52. The van der Waals surface area contributed by atoms with Crippen LogP contribution in [-0.2, 0) is 16.6 Å². The van der Waals surface area contributed by atoms with E-state index < -0.39 is 10.0 Å². The average Bonchev–Trinajstić information content (AvgIpc) is 3.14. The SMILES string of the molecule is CN=C(NCc1ccc(S(=O)(=O)N(C)C)s1)NCC1CC1.I. The summed E-state index contributed by atoms with van der Waals surface area (Å²) in [6, 6.07) is 3.49. The third-order valence-corrected chi connectivity index (χ3v) is 6.65. The molecule has 22 heavy (non-hydrogen) atoms. The number of halogens is 1. The van der Waals surface area contributed by atoms with Crippen molar-refractivity contribution in [3.05, 3.63) is 17.0 Å². The van der Waals surface area contributed by atoms with Gasteiger partial charge in [-0.05, 0) is 30.9 Å². The van der Waals surface area contributed by atoms with Gasteiger partial charge in [-0.3, -0.25) is 4.99 Å². The van der Waals surface area contributed by atoms with Crippen molar-refractivity contribution in [3.8, 4) is 0 Å². The summed E-state index contributed by atoms with van der Waals surface area (Å²) in [6.07, 6.45) is 2.58. The Morgan fingerprint density at radius 1 is 1.36 bits per heavy atom. The largest absolute Gasteiger partial charge is 0.356 e. The van der Waals surface area contributed by atoms with Crippen LogP contribution in [0.4, 0.5) is 0 Å². The molecule has 1 fully saturated rings. The van der Waals surface area contributed by atoms with Crippen LogP contribution in [0.3, 0.4) is 0 Å². The molecule has 0 aromatic carbocycles. The van der Waals surface area contributed by atoms with Gasteiger partial charge in [0.25, 0.3) is 10.0 Å². The summed E-state index contributed by atoms with van der Waals surface area (Å²) in [4.78, 5) is 5.12. The molecule has 6 nitrogen and oxygen atoms in total. The third kappa shape index (κ3) is 5.36. The maximum atomic E-state index is 12.0. The molecule has 0 amide bonds. The van der Waals surface area contributed by atoms with Crippen molar-refractivity contribution >= 4 is 51.3 Å². The summed E-state index contributed by atoms with van der Waals surface area (Å²) in [5, 5.41) is 6.48. The zero-order valence-electron chi connectivity index (χ0n) is 13.0. The number of nitrogens with zero attached hydrogens (tertiary/aromatic N) is 2. The normalized spacial score (nSPS) is 15.5. The molecule has 9 heteroatoms. The van der Waals surface area contributed by atoms with Gasteiger partial charge in [0.05, 0.1) is 6.54 Å². The number of hydrogen-bond acceptors (Lipinski definition) is 4. The van der Waals surface area contributed by atoms with Crippen molar-refractivity contribution in [2.24, 2.45) is 10.9 Å². The highest BCUT2D eigenvalue weighted by Gasteiger charge is 2.21. The van der Waals surface area contributed by atoms with E-state index >= 15 is 0 Å². The molecule has 1 saturated carbocycles. The van der Waals surface area contributed by atoms with Crippen LogP contribution in [0.25, 0.3) is 0 Å². The number of sulfonamides is 1. The number of nitrogens with one attached hydrogen (secondary N) is 2. The van der Waals surface area contributed by atoms with E-state index in [1.807, 2.05) is 6.07 Å². The van der Waals surface area contributed by atoms with Crippen molar-refractivity contribution in [2.45, 2.75) is 23.6 Å². The quantitative estimate of drug-likeness (QED) is 0.387. The number of hydrogen-bond donors (Lipinski definition) is 2. The Balaban J connectivity index is 0.00000242. The highest BCUT2D eigenvalue weighted by molar-refractivity contribution is 14.0. The Morgan fingerprint density at radius 3 is 2.59 bits per heavy atom. The lowest BCUT2D eigenvalue weighted by molar-refractivity contribution is 0.523. The van der Waals surface area contributed by atoms with Gasteiger partial charge in [0.1, 0.15) is 4.21 Å². The van der Waals surface area contributed by atoms with E-state index in [0.29, 0.717) is 10.8 Å². The lowest BCUT2D eigenvalue weighted by Gasteiger charge is -2.10. The Bertz CT molecular complexity index is 609. The molecule has 0 aliphatic heterocycles. The maximum absolute atomic E-state index is 12.0. The van der Waals surface area contributed by atoms with Crippen LogP contribution in [0.1, 0.15) is 17.7 Å². The fourth-order valence-corrected chi connectivity index (χ4v) is 4.19. The van der Waals surface area contributed by atoms with Crippen molar-refractivity contribution in [1.82, 2.24) is 14.9 Å². The molecule has 126 valence electrons. The van der Waals surface area contributed by atoms with Crippen molar-refractivity contribution in [2.75, 3.05) is 27.7 Å². The number of aliphatic imine (C=N–C) groups is 1. The molecule has 2 N–H and O–H groups in total. The first-order chi connectivity index (χ1) is 9.93. The monoisotopic (exact) mass is 458 g/mol. The first-order valence-electron chi connectivity index (χ1n) is 6.89. The van der Waals surface area contributed by atoms with Gasteiger partial charge in [-0.1, -0.05) is 0 Å². The zero-order valence-corrected chi connectivity index (χ0v) is 17.0. The number of guanidine groups is 1. The lowest BCUT2D eigenvalue weighted by atomic mass is 10.4. The predicted octanol–water partition coefficient (Wildman–Crippen LogP) is 1.69. The highest BCUT2D eigenvalue weighted by Crippen LogP contribution is 2.27. The van der Waals surface area contributed by atoms with Crippen LogP contribution in [0.5, 0.6) is 0 Å². The number of rotatable bonds is 6. The summed E-state index contributed by atoms with van der Waals surface area (Å²) >= 11 is 1.28. The molecule has 1 heterocycles. The van der Waals surface area contributed by atoms with E-state index in [1.54, 1.807) is 13.1 Å². The Kier molecular flexibility index (Phi) is 7.56. The van der Waals surface area contributed by atoms with Crippen LogP contribution in [0.2, 0.25) is 0 Å². The van der Waals surface area contributed by atoms with E-state index in [9.17, 15) is 8.42 Å². The lowest BCUT2D eigenvalue weighted by Crippen LogP contribution is -2.37. The average molecular weight is 458 g/mol. The first-order valence-corrected chi connectivity index (χ1v) is 9.15. The van der Waals surface area contributed by atoms with Crippen molar-refractivity contribution in [3.63, 3.8) is 0 Å². The van der Waals surface area contributed by atoms with Crippen LogP contribution < -0.4 is 10.6 Å². The second kappa shape index (κ2) is 8.46. The van der Waals surface area contributed by atoms with E-state index in [1.165, 1.54) is 42.6 Å². The summed E-state index contributed by atoms with van der Waals surface area (Å²) in [7, 11) is 1.48. The Morgan fingerprint density at radius 2 is 2.05 bits per heavy atom. The predicted molar refractivity (Wildman–Crippen MR) is 102 cm³/mol. The van der Waals surface area contributed by atoms with Crippen molar-refractivity contribution in [1.29, 1.82) is 0 Å². The Hall–Kier alpha value is -0.390. The molecule has 1 aromatic rings. The van der Waals surface area contributed by atoms with Crippen LogP contribution in [0, 0.1) is 5.92 Å². The zero-order chi connectivity index (χ0) is 15.5. The van der Waals surface area contributed by atoms with Gasteiger partial charge < -0.3 is 10.6 Å². The molecule has 0 spiro atoms. The third-order valence-electron chi connectivity index (χ3n) is 3.28. The molecule has 1 aliphatic rings. The van der Waals surface area contributed by atoms with Crippen LogP contribution in [-0.4, -0.2) is 46.4 Å². The summed E-state index contributed by atoms with van der Waals surface area (Å²) in [5.41, 5.74) is 0. The second-order valence-electron chi connectivity index (χ2n) is 5.26. The smallest absolute Gasteiger partial charge is 0.252 e. The van der Waals surface area contributed by atoms with E-state index in [4.69, 9.17) is 0 Å². The minimum atomic E-state index is -3.34. The molecule has 2 rings (SSSR count). The molecule has 0 unspecified atom stereocenters. The number of thiophene rings is 1. The highest BCUT2D eigenvalue weighted by atomic mass is 127. The summed E-state index contributed by atoms with van der Waals surface area (Å²) < 4.78 is 25.6. The topological polar surface area (TPSA) is 73.8 Å². The van der Waals surface area contributed by atoms with Crippen LogP contribution in [0.15, 0.2) is 21.3 Å². The minimum Gasteiger partial charge on any atom is -0.356 e.